The second-order valence-electron chi connectivity index (χ2n) is 2.42. The lowest BCUT2D eigenvalue weighted by atomic mass is 10.3. The maximum atomic E-state index is 12.7. The molecule has 0 aromatic heterocycles. The smallest absolute Gasteiger partial charge is 0.267 e. The quantitative estimate of drug-likeness (QED) is 0.573. The van der Waals surface area contributed by atoms with Crippen molar-refractivity contribution >= 4 is 23.6 Å². The Morgan fingerprint density at radius 2 is 2.17 bits per heavy atom. The van der Waals surface area contributed by atoms with Gasteiger partial charge in [-0.3, -0.25) is 4.79 Å². The molecule has 1 amide bonds. The molecule has 1 aromatic carbocycles. The summed E-state index contributed by atoms with van der Waals surface area (Å²) in [4.78, 5) is 14.4. The van der Waals surface area contributed by atoms with Crippen LogP contribution >= 0.6 is 11.6 Å². The lowest BCUT2D eigenvalue weighted by Gasteiger charge is -1.89. The monoisotopic (exact) mass is 183 g/mol. The fourth-order valence-corrected chi connectivity index (χ4v) is 1.34. The molecule has 0 aliphatic carbocycles. The Labute approximate surface area is 72.0 Å². The molecule has 1 heterocycles. The van der Waals surface area contributed by atoms with E-state index in [0.29, 0.717) is 10.6 Å². The molecule has 12 heavy (non-hydrogen) atoms. The van der Waals surface area contributed by atoms with Crippen molar-refractivity contribution in [3.8, 4) is 0 Å². The van der Waals surface area contributed by atoms with Crippen molar-refractivity contribution in [1.29, 1.82) is 0 Å². The van der Waals surface area contributed by atoms with E-state index >= 15 is 0 Å². The van der Waals surface area contributed by atoms with Crippen LogP contribution in [0.2, 0.25) is 5.02 Å². The van der Waals surface area contributed by atoms with Gasteiger partial charge in [0.15, 0.2) is 0 Å². The molecule has 0 saturated heterocycles. The first-order valence-electron chi connectivity index (χ1n) is 3.26. The maximum Gasteiger partial charge on any atom is 0.270 e. The molecule has 1 aliphatic rings. The van der Waals surface area contributed by atoms with Crippen molar-refractivity contribution in [2.24, 2.45) is 4.99 Å². The third kappa shape index (κ3) is 1.02. The summed E-state index contributed by atoms with van der Waals surface area (Å²) in [5, 5.41) is 0.986. The van der Waals surface area contributed by atoms with Gasteiger partial charge in [0.05, 0.1) is 10.4 Å². The Morgan fingerprint density at radius 3 is 2.92 bits per heavy atom. The summed E-state index contributed by atoms with van der Waals surface area (Å²) in [6, 6.07) is 2.37. The molecule has 0 fully saturated rings. The van der Waals surface area contributed by atoms with E-state index in [2.05, 4.69) is 4.99 Å². The molecule has 2 nitrogen and oxygen atoms in total. The van der Waals surface area contributed by atoms with E-state index in [1.807, 2.05) is 0 Å². The number of rotatable bonds is 0. The zero-order valence-electron chi connectivity index (χ0n) is 5.84. The maximum absolute atomic E-state index is 12.7. The average Bonchev–Trinajstić information content (AvgIpc) is 2.29. The minimum atomic E-state index is -0.458. The molecule has 0 unspecified atom stereocenters. The Bertz CT molecular complexity index is 481. The number of fused-ring (bicyclic) bond motifs is 1. The number of hydrogen-bond donors (Lipinski definition) is 0. The Balaban J connectivity index is 2.95. The standard InChI is InChI=1S/C8H3ClFNO/c9-6-3-5(10)1-4-2-7(12)11-8(4)6/h1-3H. The first-order valence-corrected chi connectivity index (χ1v) is 3.64. The predicted octanol–water partition coefficient (Wildman–Crippen LogP) is 0.419. The Hall–Kier alpha value is -1.22. The van der Waals surface area contributed by atoms with Gasteiger partial charge in [-0.25, -0.2) is 9.38 Å². The first kappa shape index (κ1) is 7.43. The average molecular weight is 184 g/mol. The van der Waals surface area contributed by atoms with Gasteiger partial charge >= 0.3 is 0 Å². The minimum absolute atomic E-state index is 0.173. The highest BCUT2D eigenvalue weighted by molar-refractivity contribution is 6.30. The van der Waals surface area contributed by atoms with Crippen molar-refractivity contribution in [1.82, 2.24) is 0 Å². The predicted molar refractivity (Wildman–Crippen MR) is 41.7 cm³/mol. The second-order valence-corrected chi connectivity index (χ2v) is 2.83. The minimum Gasteiger partial charge on any atom is -0.267 e. The van der Waals surface area contributed by atoms with Crippen LogP contribution in [0.3, 0.4) is 0 Å². The van der Waals surface area contributed by atoms with E-state index in [4.69, 9.17) is 11.6 Å². The summed E-state index contributed by atoms with van der Waals surface area (Å²) in [5.74, 6) is -0.850. The second kappa shape index (κ2) is 2.38. The molecule has 0 atom stereocenters. The normalized spacial score (nSPS) is 13.7. The topological polar surface area (TPSA) is 29.4 Å². The van der Waals surface area contributed by atoms with Gasteiger partial charge in [-0.2, -0.15) is 0 Å². The van der Waals surface area contributed by atoms with Crippen molar-refractivity contribution in [3.63, 3.8) is 0 Å². The molecular formula is C8H3ClFNO. The van der Waals surface area contributed by atoms with Gasteiger partial charge in [-0.1, -0.05) is 11.6 Å². The van der Waals surface area contributed by atoms with Crippen molar-refractivity contribution < 1.29 is 9.18 Å². The lowest BCUT2D eigenvalue weighted by molar-refractivity contribution is -0.112. The SMILES string of the molecule is O=C1C=c2cc(F)cc(Cl)c2=N1. The van der Waals surface area contributed by atoms with Crippen LogP contribution in [-0.2, 0) is 4.79 Å². The van der Waals surface area contributed by atoms with Gasteiger partial charge in [0.25, 0.3) is 5.91 Å². The van der Waals surface area contributed by atoms with E-state index < -0.39 is 11.7 Å². The molecule has 1 aromatic rings. The zero-order chi connectivity index (χ0) is 8.72. The number of benzene rings is 1. The van der Waals surface area contributed by atoms with Crippen LogP contribution in [0.25, 0.3) is 6.08 Å². The number of hydrogen-bond acceptors (Lipinski definition) is 1. The summed E-state index contributed by atoms with van der Waals surface area (Å²) < 4.78 is 12.7. The fourth-order valence-electron chi connectivity index (χ4n) is 1.09. The molecular weight excluding hydrogens is 181 g/mol. The van der Waals surface area contributed by atoms with E-state index in [0.717, 1.165) is 6.07 Å². The van der Waals surface area contributed by atoms with Gasteiger partial charge < -0.3 is 0 Å². The Morgan fingerprint density at radius 1 is 1.42 bits per heavy atom. The van der Waals surface area contributed by atoms with Gasteiger partial charge in [0.1, 0.15) is 5.82 Å². The molecule has 0 bridgehead atoms. The molecule has 0 N–H and O–H groups in total. The summed E-state index contributed by atoms with van der Waals surface area (Å²) in [6.45, 7) is 0. The van der Waals surface area contributed by atoms with Crippen molar-refractivity contribution in [2.45, 2.75) is 0 Å². The highest BCUT2D eigenvalue weighted by Crippen LogP contribution is 2.02. The fraction of sp³-hybridized carbons (Fsp3) is 0. The van der Waals surface area contributed by atoms with Crippen LogP contribution in [0, 0.1) is 5.82 Å². The molecule has 0 spiro atoms. The molecule has 4 heteroatoms. The summed E-state index contributed by atoms with van der Waals surface area (Å²) in [5.41, 5.74) is 0. The number of amides is 1. The Kier molecular flexibility index (Phi) is 1.48. The summed E-state index contributed by atoms with van der Waals surface area (Å²) >= 11 is 5.63. The van der Waals surface area contributed by atoms with Crippen LogP contribution in [0.15, 0.2) is 17.1 Å². The summed E-state index contributed by atoms with van der Waals surface area (Å²) in [7, 11) is 0. The lowest BCUT2D eigenvalue weighted by Crippen LogP contribution is -2.22. The van der Waals surface area contributed by atoms with Crippen LogP contribution < -0.4 is 10.6 Å². The van der Waals surface area contributed by atoms with Crippen LogP contribution in [0.5, 0.6) is 0 Å². The van der Waals surface area contributed by atoms with Crippen LogP contribution in [0.1, 0.15) is 0 Å². The van der Waals surface area contributed by atoms with Crippen molar-refractivity contribution in [2.75, 3.05) is 0 Å². The molecule has 1 aliphatic heterocycles. The van der Waals surface area contributed by atoms with Gasteiger partial charge in [-0.15, -0.1) is 0 Å². The third-order valence-corrected chi connectivity index (χ3v) is 1.85. The first-order chi connectivity index (χ1) is 5.66. The van der Waals surface area contributed by atoms with Crippen LogP contribution in [0.4, 0.5) is 4.39 Å². The van der Waals surface area contributed by atoms with E-state index in [1.54, 1.807) is 0 Å². The zero-order valence-corrected chi connectivity index (χ0v) is 6.60. The van der Waals surface area contributed by atoms with Gasteiger partial charge in [-0.05, 0) is 12.1 Å². The number of carbonyl (C=O) groups excluding carboxylic acids is 1. The van der Waals surface area contributed by atoms with Gasteiger partial charge in [0.2, 0.25) is 0 Å². The van der Waals surface area contributed by atoms with E-state index in [1.165, 1.54) is 12.1 Å². The van der Waals surface area contributed by atoms with E-state index in [-0.39, 0.29) is 5.02 Å². The molecule has 0 radical (unpaired) electrons. The van der Waals surface area contributed by atoms with E-state index in [9.17, 15) is 9.18 Å². The number of carbonyl (C=O) groups is 1. The number of halogens is 2. The largest absolute Gasteiger partial charge is 0.270 e. The van der Waals surface area contributed by atoms with Crippen molar-refractivity contribution in [3.05, 3.63) is 33.5 Å². The molecule has 2 rings (SSSR count). The molecule has 60 valence electrons. The number of nitrogens with zero attached hydrogens (tertiary/aromatic N) is 1. The molecule has 0 saturated carbocycles. The highest BCUT2D eigenvalue weighted by atomic mass is 35.5. The highest BCUT2D eigenvalue weighted by Gasteiger charge is 2.07. The van der Waals surface area contributed by atoms with Crippen LogP contribution in [-0.4, -0.2) is 5.91 Å². The summed E-state index contributed by atoms with van der Waals surface area (Å²) in [6.07, 6.45) is 1.25. The third-order valence-electron chi connectivity index (χ3n) is 1.56. The van der Waals surface area contributed by atoms with Gasteiger partial charge in [0, 0.05) is 11.3 Å².